The van der Waals surface area contributed by atoms with Crippen molar-refractivity contribution >= 4 is 17.0 Å². The van der Waals surface area contributed by atoms with Crippen molar-refractivity contribution in [2.24, 2.45) is 0 Å². The van der Waals surface area contributed by atoms with E-state index in [1.807, 2.05) is 49.4 Å². The normalized spacial score (nSPS) is 13.4. The van der Waals surface area contributed by atoms with Gasteiger partial charge in [0.15, 0.2) is 0 Å². The summed E-state index contributed by atoms with van der Waals surface area (Å²) in [6.07, 6.45) is 5.67. The van der Waals surface area contributed by atoms with Gasteiger partial charge in [-0.1, -0.05) is 36.9 Å². The van der Waals surface area contributed by atoms with Crippen LogP contribution in [-0.2, 0) is 19.4 Å². The van der Waals surface area contributed by atoms with Crippen LogP contribution in [0.25, 0.3) is 17.0 Å². The lowest BCUT2D eigenvalue weighted by atomic mass is 9.90. The zero-order chi connectivity index (χ0) is 18.1. The van der Waals surface area contributed by atoms with Gasteiger partial charge in [-0.05, 0) is 67.0 Å². The van der Waals surface area contributed by atoms with E-state index in [1.165, 1.54) is 0 Å². The van der Waals surface area contributed by atoms with E-state index < -0.39 is 0 Å². The molecule has 0 radical (unpaired) electrons. The van der Waals surface area contributed by atoms with Crippen molar-refractivity contribution in [1.29, 1.82) is 0 Å². The van der Waals surface area contributed by atoms with E-state index in [0.717, 1.165) is 64.6 Å². The standard InChI is InChI=1S/C23H22O3/c1-3-16-8-10-17(11-9-16)14-25-20-12-15(2)13-21-22(20)18-6-4-5-7-19(18)23(24)26-21/h3,8-13H,1,4-7,14H2,2H3. The molecule has 0 unspecified atom stereocenters. The Balaban J connectivity index is 1.75. The summed E-state index contributed by atoms with van der Waals surface area (Å²) in [7, 11) is 0. The van der Waals surface area contributed by atoms with Crippen LogP contribution < -0.4 is 10.4 Å². The van der Waals surface area contributed by atoms with E-state index >= 15 is 0 Å². The maximum atomic E-state index is 12.3. The summed E-state index contributed by atoms with van der Waals surface area (Å²) in [5, 5.41) is 0.965. The van der Waals surface area contributed by atoms with Crippen LogP contribution in [0.2, 0.25) is 0 Å². The first-order valence-corrected chi connectivity index (χ1v) is 9.09. The second kappa shape index (κ2) is 6.83. The lowest BCUT2D eigenvalue weighted by Crippen LogP contribution is -2.16. The summed E-state index contributed by atoms with van der Waals surface area (Å²) in [6, 6.07) is 12.1. The number of hydrogen-bond acceptors (Lipinski definition) is 3. The third-order valence-electron chi connectivity index (χ3n) is 5.04. The van der Waals surface area contributed by atoms with Gasteiger partial charge >= 0.3 is 5.63 Å². The average Bonchev–Trinajstić information content (AvgIpc) is 2.66. The van der Waals surface area contributed by atoms with Crippen molar-refractivity contribution in [3.8, 4) is 5.75 Å². The van der Waals surface area contributed by atoms with E-state index in [9.17, 15) is 4.79 Å². The molecule has 1 aromatic heterocycles. The first-order chi connectivity index (χ1) is 12.7. The Morgan fingerprint density at radius 3 is 2.58 bits per heavy atom. The van der Waals surface area contributed by atoms with Crippen molar-refractivity contribution in [2.75, 3.05) is 0 Å². The SMILES string of the molecule is C=Cc1ccc(COc2cc(C)cc3oc(=O)c4c(c23)CCCC4)cc1. The predicted octanol–water partition coefficient (Wildman–Crippen LogP) is 5.20. The van der Waals surface area contributed by atoms with Crippen molar-refractivity contribution < 1.29 is 9.15 Å². The summed E-state index contributed by atoms with van der Waals surface area (Å²) < 4.78 is 11.8. The first-order valence-electron chi connectivity index (χ1n) is 9.09. The van der Waals surface area contributed by atoms with Gasteiger partial charge in [0.05, 0.1) is 5.39 Å². The highest BCUT2D eigenvalue weighted by Crippen LogP contribution is 2.35. The number of aryl methyl sites for hydroxylation is 2. The Morgan fingerprint density at radius 2 is 1.85 bits per heavy atom. The van der Waals surface area contributed by atoms with Gasteiger partial charge in [-0.2, -0.15) is 0 Å². The van der Waals surface area contributed by atoms with Gasteiger partial charge < -0.3 is 9.15 Å². The molecule has 0 amide bonds. The van der Waals surface area contributed by atoms with E-state index in [-0.39, 0.29) is 5.63 Å². The molecule has 4 rings (SSSR count). The molecule has 3 nitrogen and oxygen atoms in total. The first kappa shape index (κ1) is 16.6. The number of rotatable bonds is 4. The third kappa shape index (κ3) is 3.05. The molecule has 3 aromatic rings. The minimum absolute atomic E-state index is 0.191. The Morgan fingerprint density at radius 1 is 1.12 bits per heavy atom. The Hall–Kier alpha value is -2.81. The molecule has 0 bridgehead atoms. The summed E-state index contributed by atoms with van der Waals surface area (Å²) in [6.45, 7) is 6.25. The van der Waals surface area contributed by atoms with Gasteiger partial charge in [-0.25, -0.2) is 4.79 Å². The van der Waals surface area contributed by atoms with Crippen LogP contribution in [-0.4, -0.2) is 0 Å². The lowest BCUT2D eigenvalue weighted by molar-refractivity contribution is 0.309. The molecule has 0 saturated heterocycles. The van der Waals surface area contributed by atoms with Crippen molar-refractivity contribution in [3.63, 3.8) is 0 Å². The zero-order valence-corrected chi connectivity index (χ0v) is 15.0. The lowest BCUT2D eigenvalue weighted by Gasteiger charge is -2.19. The molecule has 0 saturated carbocycles. The molecule has 0 N–H and O–H groups in total. The second-order valence-corrected chi connectivity index (χ2v) is 6.92. The molecule has 1 aliphatic carbocycles. The maximum Gasteiger partial charge on any atom is 0.339 e. The molecular weight excluding hydrogens is 324 g/mol. The molecule has 132 valence electrons. The smallest absolute Gasteiger partial charge is 0.339 e. The highest BCUT2D eigenvalue weighted by Gasteiger charge is 2.21. The number of fused-ring (bicyclic) bond motifs is 3. The molecule has 1 aliphatic rings. The Bertz CT molecular complexity index is 1030. The van der Waals surface area contributed by atoms with E-state index in [1.54, 1.807) is 0 Å². The monoisotopic (exact) mass is 346 g/mol. The maximum absolute atomic E-state index is 12.3. The molecule has 2 aromatic carbocycles. The summed E-state index contributed by atoms with van der Waals surface area (Å²) in [4.78, 5) is 12.3. The predicted molar refractivity (Wildman–Crippen MR) is 105 cm³/mol. The third-order valence-corrected chi connectivity index (χ3v) is 5.04. The van der Waals surface area contributed by atoms with E-state index in [2.05, 4.69) is 6.58 Å². The minimum atomic E-state index is -0.191. The quantitative estimate of drug-likeness (QED) is 0.609. The molecule has 26 heavy (non-hydrogen) atoms. The van der Waals surface area contributed by atoms with E-state index in [0.29, 0.717) is 12.2 Å². The van der Waals surface area contributed by atoms with Crippen LogP contribution in [0, 0.1) is 6.92 Å². The number of ether oxygens (including phenoxy) is 1. The topological polar surface area (TPSA) is 39.4 Å². The molecule has 0 atom stereocenters. The van der Waals surface area contributed by atoms with Gasteiger partial charge in [-0.15, -0.1) is 0 Å². The minimum Gasteiger partial charge on any atom is -0.488 e. The molecule has 0 spiro atoms. The van der Waals surface area contributed by atoms with Gasteiger partial charge in [0, 0.05) is 5.56 Å². The van der Waals surface area contributed by atoms with Crippen LogP contribution in [0.5, 0.6) is 5.75 Å². The van der Waals surface area contributed by atoms with E-state index in [4.69, 9.17) is 9.15 Å². The van der Waals surface area contributed by atoms with Crippen molar-refractivity contribution in [1.82, 2.24) is 0 Å². The molecular formula is C23H22O3. The fraction of sp³-hybridized carbons (Fsp3) is 0.261. The van der Waals surface area contributed by atoms with Crippen LogP contribution in [0.4, 0.5) is 0 Å². The van der Waals surface area contributed by atoms with Crippen molar-refractivity contribution in [2.45, 2.75) is 39.2 Å². The Kier molecular flexibility index (Phi) is 4.37. The van der Waals surface area contributed by atoms with Gasteiger partial charge in [0.1, 0.15) is 17.9 Å². The summed E-state index contributed by atoms with van der Waals surface area (Å²) in [5.74, 6) is 0.801. The summed E-state index contributed by atoms with van der Waals surface area (Å²) >= 11 is 0. The largest absolute Gasteiger partial charge is 0.488 e. The van der Waals surface area contributed by atoms with Crippen LogP contribution in [0.3, 0.4) is 0 Å². The number of benzene rings is 2. The van der Waals surface area contributed by atoms with Crippen molar-refractivity contribution in [3.05, 3.63) is 81.2 Å². The van der Waals surface area contributed by atoms with Crippen LogP contribution in [0.15, 0.2) is 52.2 Å². The van der Waals surface area contributed by atoms with Crippen LogP contribution in [0.1, 0.15) is 40.7 Å². The summed E-state index contributed by atoms with van der Waals surface area (Å²) in [5.41, 5.74) is 5.58. The second-order valence-electron chi connectivity index (χ2n) is 6.92. The fourth-order valence-corrected chi connectivity index (χ4v) is 3.69. The fourth-order valence-electron chi connectivity index (χ4n) is 3.69. The number of hydrogen-bond donors (Lipinski definition) is 0. The highest BCUT2D eigenvalue weighted by atomic mass is 16.5. The molecule has 3 heteroatoms. The molecule has 0 aliphatic heterocycles. The Labute approximate surface area is 152 Å². The zero-order valence-electron chi connectivity index (χ0n) is 15.0. The van der Waals surface area contributed by atoms with Gasteiger partial charge in [-0.3, -0.25) is 0 Å². The van der Waals surface area contributed by atoms with Gasteiger partial charge in [0.25, 0.3) is 0 Å². The van der Waals surface area contributed by atoms with Gasteiger partial charge in [0.2, 0.25) is 0 Å². The average molecular weight is 346 g/mol. The highest BCUT2D eigenvalue weighted by molar-refractivity contribution is 5.88. The van der Waals surface area contributed by atoms with Crippen LogP contribution >= 0.6 is 0 Å². The molecule has 0 fully saturated rings. The molecule has 1 heterocycles.